The van der Waals surface area contributed by atoms with E-state index < -0.39 is 6.04 Å². The zero-order valence-corrected chi connectivity index (χ0v) is 14.5. The average molecular weight is 332 g/mol. The Balaban J connectivity index is 1.99. The van der Waals surface area contributed by atoms with Crippen molar-refractivity contribution in [1.29, 1.82) is 0 Å². The Labute approximate surface area is 141 Å². The number of likely N-dealkylation sites (N-methyl/N-ethyl adjacent to an activating group) is 1. The van der Waals surface area contributed by atoms with Crippen molar-refractivity contribution in [3.8, 4) is 0 Å². The van der Waals surface area contributed by atoms with Crippen LogP contribution >= 0.6 is 0 Å². The molecule has 1 heterocycles. The monoisotopic (exact) mass is 332 g/mol. The van der Waals surface area contributed by atoms with Gasteiger partial charge in [-0.05, 0) is 26.3 Å². The Morgan fingerprint density at radius 2 is 2.04 bits per heavy atom. The molecule has 7 nitrogen and oxygen atoms in total. The third-order valence-electron chi connectivity index (χ3n) is 3.72. The van der Waals surface area contributed by atoms with Crippen molar-refractivity contribution in [3.05, 3.63) is 47.1 Å². The first-order valence-electron chi connectivity index (χ1n) is 7.93. The van der Waals surface area contributed by atoms with Crippen LogP contribution in [0.3, 0.4) is 0 Å². The third-order valence-corrected chi connectivity index (χ3v) is 3.72. The number of ether oxygens (including phenoxy) is 1. The van der Waals surface area contributed by atoms with E-state index in [0.717, 1.165) is 11.1 Å². The summed E-state index contributed by atoms with van der Waals surface area (Å²) in [6.45, 7) is 6.50. The van der Waals surface area contributed by atoms with Gasteiger partial charge in [-0.15, -0.1) is 0 Å². The Hall–Kier alpha value is -2.25. The molecule has 2 atom stereocenters. The van der Waals surface area contributed by atoms with Gasteiger partial charge in [-0.2, -0.15) is 4.98 Å². The largest absolute Gasteiger partial charge is 0.371 e. The van der Waals surface area contributed by atoms with Crippen molar-refractivity contribution in [2.24, 2.45) is 5.73 Å². The highest BCUT2D eigenvalue weighted by molar-refractivity contribution is 5.82. The highest BCUT2D eigenvalue weighted by Gasteiger charge is 2.22. The number of rotatable bonds is 7. The van der Waals surface area contributed by atoms with Crippen LogP contribution in [0.25, 0.3) is 0 Å². The van der Waals surface area contributed by atoms with E-state index >= 15 is 0 Å². The molecule has 0 spiro atoms. The normalized spacial score (nSPS) is 13.5. The summed E-state index contributed by atoms with van der Waals surface area (Å²) in [6, 6.07) is 6.87. The van der Waals surface area contributed by atoms with Crippen molar-refractivity contribution < 1.29 is 14.1 Å². The number of aryl methyl sites for hydroxylation is 1. The van der Waals surface area contributed by atoms with Crippen molar-refractivity contribution in [1.82, 2.24) is 15.0 Å². The summed E-state index contributed by atoms with van der Waals surface area (Å²) in [7, 11) is 1.66. The van der Waals surface area contributed by atoms with E-state index in [-0.39, 0.29) is 18.6 Å². The number of nitrogens with zero attached hydrogens (tertiary/aromatic N) is 3. The molecule has 0 radical (unpaired) electrons. The minimum Gasteiger partial charge on any atom is -0.371 e. The Kier molecular flexibility index (Phi) is 6.05. The SMILES string of the molecule is CCOC(C)c1noc(CN(C)C(=O)C(N)c2ccc(C)cc2)n1. The number of benzene rings is 1. The van der Waals surface area contributed by atoms with Crippen LogP contribution < -0.4 is 5.73 Å². The van der Waals surface area contributed by atoms with Crippen LogP contribution in [0.1, 0.15) is 48.8 Å². The lowest BCUT2D eigenvalue weighted by atomic mass is 10.1. The first kappa shape index (κ1) is 18.1. The molecule has 0 fully saturated rings. The van der Waals surface area contributed by atoms with E-state index in [2.05, 4.69) is 10.1 Å². The quantitative estimate of drug-likeness (QED) is 0.834. The van der Waals surface area contributed by atoms with E-state index in [9.17, 15) is 4.79 Å². The maximum atomic E-state index is 12.5. The summed E-state index contributed by atoms with van der Waals surface area (Å²) >= 11 is 0. The molecule has 1 amide bonds. The molecule has 2 N–H and O–H groups in total. The molecule has 2 aromatic rings. The van der Waals surface area contributed by atoms with Gasteiger partial charge in [0.15, 0.2) is 5.82 Å². The van der Waals surface area contributed by atoms with Crippen LogP contribution in [0.2, 0.25) is 0 Å². The predicted octanol–water partition coefficient (Wildman–Crippen LogP) is 2.13. The lowest BCUT2D eigenvalue weighted by Crippen LogP contribution is -2.35. The fourth-order valence-electron chi connectivity index (χ4n) is 2.26. The van der Waals surface area contributed by atoms with E-state index in [1.54, 1.807) is 7.05 Å². The second kappa shape index (κ2) is 8.03. The van der Waals surface area contributed by atoms with Gasteiger partial charge in [-0.3, -0.25) is 4.79 Å². The molecule has 7 heteroatoms. The Bertz CT molecular complexity index is 669. The maximum Gasteiger partial charge on any atom is 0.246 e. The molecule has 0 bridgehead atoms. The number of hydrogen-bond donors (Lipinski definition) is 1. The van der Waals surface area contributed by atoms with Crippen LogP contribution in [0, 0.1) is 6.92 Å². The number of carbonyl (C=O) groups is 1. The molecule has 0 aliphatic carbocycles. The summed E-state index contributed by atoms with van der Waals surface area (Å²) < 4.78 is 10.6. The lowest BCUT2D eigenvalue weighted by molar-refractivity contribution is -0.132. The second-order valence-electron chi connectivity index (χ2n) is 5.73. The zero-order chi connectivity index (χ0) is 17.7. The summed E-state index contributed by atoms with van der Waals surface area (Å²) in [5.41, 5.74) is 7.95. The zero-order valence-electron chi connectivity index (χ0n) is 14.5. The highest BCUT2D eigenvalue weighted by Crippen LogP contribution is 2.16. The van der Waals surface area contributed by atoms with E-state index in [1.807, 2.05) is 45.0 Å². The fraction of sp³-hybridized carbons (Fsp3) is 0.471. The number of amides is 1. The van der Waals surface area contributed by atoms with Gasteiger partial charge in [0.2, 0.25) is 11.8 Å². The van der Waals surface area contributed by atoms with Gasteiger partial charge >= 0.3 is 0 Å². The third kappa shape index (κ3) is 4.39. The average Bonchev–Trinajstić information content (AvgIpc) is 3.03. The van der Waals surface area contributed by atoms with Crippen LogP contribution in [0.4, 0.5) is 0 Å². The van der Waals surface area contributed by atoms with Gasteiger partial charge in [0.05, 0.1) is 6.54 Å². The second-order valence-corrected chi connectivity index (χ2v) is 5.73. The minimum absolute atomic E-state index is 0.199. The molecule has 0 aliphatic rings. The van der Waals surface area contributed by atoms with Crippen LogP contribution in [-0.2, 0) is 16.1 Å². The van der Waals surface area contributed by atoms with Crippen LogP contribution in [0.15, 0.2) is 28.8 Å². The van der Waals surface area contributed by atoms with Crippen molar-refractivity contribution in [2.45, 2.75) is 39.5 Å². The van der Waals surface area contributed by atoms with E-state index in [4.69, 9.17) is 15.0 Å². The van der Waals surface area contributed by atoms with Gasteiger partial charge in [-0.25, -0.2) is 0 Å². The Morgan fingerprint density at radius 3 is 2.67 bits per heavy atom. The Morgan fingerprint density at radius 1 is 1.38 bits per heavy atom. The molecule has 0 saturated carbocycles. The smallest absolute Gasteiger partial charge is 0.246 e. The maximum absolute atomic E-state index is 12.5. The number of carbonyl (C=O) groups excluding carboxylic acids is 1. The van der Waals surface area contributed by atoms with Crippen molar-refractivity contribution >= 4 is 5.91 Å². The summed E-state index contributed by atoms with van der Waals surface area (Å²) in [5.74, 6) is 0.607. The summed E-state index contributed by atoms with van der Waals surface area (Å²) in [5, 5.41) is 3.88. The van der Waals surface area contributed by atoms with Gasteiger partial charge < -0.3 is 19.9 Å². The van der Waals surface area contributed by atoms with Gasteiger partial charge in [0.1, 0.15) is 12.1 Å². The lowest BCUT2D eigenvalue weighted by Gasteiger charge is -2.20. The first-order valence-corrected chi connectivity index (χ1v) is 7.93. The van der Waals surface area contributed by atoms with E-state index in [1.165, 1.54) is 4.90 Å². The summed E-state index contributed by atoms with van der Waals surface area (Å²) in [4.78, 5) is 18.2. The molecule has 1 aromatic carbocycles. The topological polar surface area (TPSA) is 94.5 Å². The van der Waals surface area contributed by atoms with Crippen LogP contribution in [-0.4, -0.2) is 34.6 Å². The van der Waals surface area contributed by atoms with Crippen molar-refractivity contribution in [2.75, 3.05) is 13.7 Å². The standard InChI is InChI=1S/C17H24N4O3/c1-5-23-12(3)16-19-14(24-20-16)10-21(4)17(22)15(18)13-8-6-11(2)7-9-13/h6-9,12,15H,5,10,18H2,1-4H3. The molecule has 24 heavy (non-hydrogen) atoms. The number of aromatic nitrogens is 2. The van der Waals surface area contributed by atoms with Gasteiger partial charge in [0, 0.05) is 13.7 Å². The molecule has 0 saturated heterocycles. The molecule has 1 aromatic heterocycles. The fourth-order valence-corrected chi connectivity index (χ4v) is 2.26. The molecule has 2 unspecified atom stereocenters. The molecule has 0 aliphatic heterocycles. The van der Waals surface area contributed by atoms with Crippen molar-refractivity contribution in [3.63, 3.8) is 0 Å². The number of nitrogens with two attached hydrogens (primary N) is 1. The predicted molar refractivity (Wildman–Crippen MR) is 88.9 cm³/mol. The van der Waals surface area contributed by atoms with Crippen LogP contribution in [0.5, 0.6) is 0 Å². The van der Waals surface area contributed by atoms with Gasteiger partial charge in [-0.1, -0.05) is 35.0 Å². The van der Waals surface area contributed by atoms with E-state index in [0.29, 0.717) is 18.3 Å². The molecule has 2 rings (SSSR count). The molecule has 130 valence electrons. The molecular weight excluding hydrogens is 308 g/mol. The first-order chi connectivity index (χ1) is 11.4. The highest BCUT2D eigenvalue weighted by atomic mass is 16.5. The van der Waals surface area contributed by atoms with Gasteiger partial charge in [0.25, 0.3) is 0 Å². The summed E-state index contributed by atoms with van der Waals surface area (Å²) in [6.07, 6.45) is -0.247. The molecular formula is C17H24N4O3. The minimum atomic E-state index is -0.722. The number of hydrogen-bond acceptors (Lipinski definition) is 6.